The maximum absolute atomic E-state index is 4.35. The van der Waals surface area contributed by atoms with Gasteiger partial charge in [-0.2, -0.15) is 11.8 Å². The van der Waals surface area contributed by atoms with E-state index in [1.807, 2.05) is 32.8 Å². The lowest BCUT2D eigenvalue weighted by Crippen LogP contribution is -2.31. The number of nitrogens with zero attached hydrogens (tertiary/aromatic N) is 2. The summed E-state index contributed by atoms with van der Waals surface area (Å²) >= 11 is 1.84. The van der Waals surface area contributed by atoms with E-state index >= 15 is 0 Å². The summed E-state index contributed by atoms with van der Waals surface area (Å²) in [5.74, 6) is 2.77. The quantitative estimate of drug-likeness (QED) is 0.439. The second kappa shape index (κ2) is 11.5. The van der Waals surface area contributed by atoms with Gasteiger partial charge in [0.15, 0.2) is 5.96 Å². The SMILES string of the molecule is CNC(=NCCSCc1nc[nH]c1C)NC.Cl.Cl. The van der Waals surface area contributed by atoms with E-state index in [4.69, 9.17) is 0 Å². The van der Waals surface area contributed by atoms with E-state index in [1.165, 1.54) is 0 Å². The molecule has 0 aliphatic rings. The zero-order valence-corrected chi connectivity index (χ0v) is 13.3. The van der Waals surface area contributed by atoms with Crippen molar-refractivity contribution in [3.8, 4) is 0 Å². The topological polar surface area (TPSA) is 65.1 Å². The van der Waals surface area contributed by atoms with Crippen LogP contribution < -0.4 is 10.6 Å². The number of aryl methyl sites for hydroxylation is 1. The molecule has 0 aliphatic carbocycles. The van der Waals surface area contributed by atoms with Gasteiger partial charge in [-0.05, 0) is 6.92 Å². The van der Waals surface area contributed by atoms with Crippen LogP contribution in [0.5, 0.6) is 0 Å². The van der Waals surface area contributed by atoms with E-state index < -0.39 is 0 Å². The van der Waals surface area contributed by atoms with Gasteiger partial charge in [0.25, 0.3) is 0 Å². The number of aliphatic imine (C=N–C) groups is 1. The van der Waals surface area contributed by atoms with Crippen molar-refractivity contribution in [3.05, 3.63) is 17.7 Å². The molecule has 0 radical (unpaired) electrons. The number of aromatic amines is 1. The number of guanidine groups is 1. The molecule has 0 saturated carbocycles. The van der Waals surface area contributed by atoms with Crippen LogP contribution in [0.1, 0.15) is 11.4 Å². The van der Waals surface area contributed by atoms with Gasteiger partial charge in [-0.25, -0.2) is 4.98 Å². The fourth-order valence-corrected chi connectivity index (χ4v) is 2.06. The maximum atomic E-state index is 4.35. The summed E-state index contributed by atoms with van der Waals surface area (Å²) in [4.78, 5) is 11.7. The van der Waals surface area contributed by atoms with Gasteiger partial charge in [0.2, 0.25) is 0 Å². The van der Waals surface area contributed by atoms with Gasteiger partial charge in [0.05, 0.1) is 18.6 Å². The highest BCUT2D eigenvalue weighted by Crippen LogP contribution is 2.11. The largest absolute Gasteiger partial charge is 0.359 e. The molecule has 5 nitrogen and oxygen atoms in total. The molecule has 1 aromatic heterocycles. The zero-order chi connectivity index (χ0) is 11.8. The van der Waals surface area contributed by atoms with Crippen molar-refractivity contribution < 1.29 is 0 Å². The number of halogens is 2. The van der Waals surface area contributed by atoms with E-state index in [1.54, 1.807) is 6.33 Å². The molecule has 0 unspecified atom stereocenters. The first-order chi connectivity index (χ1) is 7.77. The molecule has 0 saturated heterocycles. The third-order valence-electron chi connectivity index (χ3n) is 2.15. The molecule has 18 heavy (non-hydrogen) atoms. The van der Waals surface area contributed by atoms with Gasteiger partial charge in [-0.1, -0.05) is 0 Å². The molecular formula is C10H21Cl2N5S. The van der Waals surface area contributed by atoms with Crippen LogP contribution >= 0.6 is 36.6 Å². The Balaban J connectivity index is 0. The number of hydrogen-bond donors (Lipinski definition) is 3. The Labute approximate surface area is 125 Å². The number of thioether (sulfide) groups is 1. The number of rotatable bonds is 5. The van der Waals surface area contributed by atoms with Crippen LogP contribution in [0, 0.1) is 6.92 Å². The predicted molar refractivity (Wildman–Crippen MR) is 84.4 cm³/mol. The summed E-state index contributed by atoms with van der Waals surface area (Å²) in [7, 11) is 3.71. The Kier molecular flexibility index (Phi) is 12.6. The van der Waals surface area contributed by atoms with E-state index in [2.05, 4.69) is 25.6 Å². The Morgan fingerprint density at radius 2 is 2.06 bits per heavy atom. The molecule has 0 atom stereocenters. The van der Waals surface area contributed by atoms with Gasteiger partial charge in [-0.3, -0.25) is 4.99 Å². The Morgan fingerprint density at radius 3 is 2.56 bits per heavy atom. The molecule has 106 valence electrons. The molecule has 0 amide bonds. The number of imidazole rings is 1. The van der Waals surface area contributed by atoms with Crippen molar-refractivity contribution in [2.75, 3.05) is 26.4 Å². The van der Waals surface area contributed by atoms with Crippen molar-refractivity contribution >= 4 is 42.5 Å². The molecule has 0 aliphatic heterocycles. The van der Waals surface area contributed by atoms with Gasteiger partial charge in [-0.15, -0.1) is 24.8 Å². The average molecular weight is 314 g/mol. The third kappa shape index (κ3) is 6.98. The second-order valence-corrected chi connectivity index (χ2v) is 4.36. The maximum Gasteiger partial charge on any atom is 0.190 e. The molecule has 1 heterocycles. The van der Waals surface area contributed by atoms with Gasteiger partial charge in [0, 0.05) is 31.3 Å². The lowest BCUT2D eigenvalue weighted by Gasteiger charge is -2.03. The molecule has 3 N–H and O–H groups in total. The van der Waals surface area contributed by atoms with Crippen molar-refractivity contribution in [3.63, 3.8) is 0 Å². The lowest BCUT2D eigenvalue weighted by atomic mass is 10.4. The summed E-state index contributed by atoms with van der Waals surface area (Å²) in [6, 6.07) is 0. The lowest BCUT2D eigenvalue weighted by molar-refractivity contribution is 0.979. The van der Waals surface area contributed by atoms with Crippen molar-refractivity contribution in [1.82, 2.24) is 20.6 Å². The number of hydrogen-bond acceptors (Lipinski definition) is 3. The summed E-state index contributed by atoms with van der Waals surface area (Å²) in [5, 5.41) is 5.96. The molecule has 1 aromatic rings. The van der Waals surface area contributed by atoms with Crippen LogP contribution in [0.25, 0.3) is 0 Å². The Hall–Kier alpha value is -0.590. The smallest absolute Gasteiger partial charge is 0.190 e. The number of nitrogens with one attached hydrogen (secondary N) is 3. The van der Waals surface area contributed by atoms with Crippen LogP contribution in [-0.2, 0) is 5.75 Å². The molecule has 0 bridgehead atoms. The highest BCUT2D eigenvalue weighted by molar-refractivity contribution is 7.98. The number of aromatic nitrogens is 2. The van der Waals surface area contributed by atoms with Crippen LogP contribution in [0.2, 0.25) is 0 Å². The summed E-state index contributed by atoms with van der Waals surface area (Å²) < 4.78 is 0. The van der Waals surface area contributed by atoms with Crippen LogP contribution in [-0.4, -0.2) is 42.3 Å². The normalized spacial score (nSPS) is 8.83. The molecule has 0 aromatic carbocycles. The van der Waals surface area contributed by atoms with Gasteiger partial charge >= 0.3 is 0 Å². The van der Waals surface area contributed by atoms with Crippen LogP contribution in [0.15, 0.2) is 11.3 Å². The Bertz CT molecular complexity index is 337. The Morgan fingerprint density at radius 1 is 1.39 bits per heavy atom. The van der Waals surface area contributed by atoms with Crippen molar-refractivity contribution in [2.24, 2.45) is 4.99 Å². The van der Waals surface area contributed by atoms with Gasteiger partial charge < -0.3 is 15.6 Å². The first-order valence-corrected chi connectivity index (χ1v) is 6.40. The van der Waals surface area contributed by atoms with Crippen LogP contribution in [0.3, 0.4) is 0 Å². The van der Waals surface area contributed by atoms with E-state index in [9.17, 15) is 0 Å². The van der Waals surface area contributed by atoms with E-state index in [-0.39, 0.29) is 24.8 Å². The zero-order valence-electron chi connectivity index (χ0n) is 10.8. The highest BCUT2D eigenvalue weighted by atomic mass is 35.5. The number of H-pyrrole nitrogens is 1. The monoisotopic (exact) mass is 313 g/mol. The summed E-state index contributed by atoms with van der Waals surface area (Å²) in [6.45, 7) is 2.85. The minimum atomic E-state index is 0. The summed E-state index contributed by atoms with van der Waals surface area (Å²) in [5.41, 5.74) is 2.29. The predicted octanol–water partition coefficient (Wildman–Crippen LogP) is 1.59. The van der Waals surface area contributed by atoms with Crippen molar-refractivity contribution in [1.29, 1.82) is 0 Å². The first-order valence-electron chi connectivity index (χ1n) is 5.24. The summed E-state index contributed by atoms with van der Waals surface area (Å²) in [6.07, 6.45) is 1.74. The second-order valence-electron chi connectivity index (χ2n) is 3.26. The van der Waals surface area contributed by atoms with E-state index in [0.717, 1.165) is 35.4 Å². The van der Waals surface area contributed by atoms with Crippen molar-refractivity contribution in [2.45, 2.75) is 12.7 Å². The fourth-order valence-electron chi connectivity index (χ4n) is 1.21. The highest BCUT2D eigenvalue weighted by Gasteiger charge is 2.00. The molecule has 0 spiro atoms. The minimum absolute atomic E-state index is 0. The average Bonchev–Trinajstić information content (AvgIpc) is 2.70. The standard InChI is InChI=1S/C10H19N5S.2ClH/c1-8-9(15-7-14-8)6-16-5-4-13-10(11-2)12-3;;/h7H,4-6H2,1-3H3,(H,14,15)(H2,11,12,13);2*1H. The molecule has 1 rings (SSSR count). The third-order valence-corrected chi connectivity index (χ3v) is 3.10. The molecule has 8 heteroatoms. The minimum Gasteiger partial charge on any atom is -0.359 e. The first kappa shape index (κ1) is 19.7. The fraction of sp³-hybridized carbons (Fsp3) is 0.600. The van der Waals surface area contributed by atoms with Gasteiger partial charge in [0.1, 0.15) is 0 Å². The molecule has 0 fully saturated rings. The van der Waals surface area contributed by atoms with E-state index in [0.29, 0.717) is 0 Å². The van der Waals surface area contributed by atoms with Crippen LogP contribution in [0.4, 0.5) is 0 Å². The molecular weight excluding hydrogens is 293 g/mol.